The zero-order valence-corrected chi connectivity index (χ0v) is 40.0. The first-order chi connectivity index (χ1) is 32.9. The Hall–Kier alpha value is -7.02. The predicted octanol–water partition coefficient (Wildman–Crippen LogP) is -1.82. The first-order valence-corrected chi connectivity index (χ1v) is 24.8. The van der Waals surface area contributed by atoms with E-state index < -0.39 is 89.6 Å². The van der Waals surface area contributed by atoms with Crippen molar-refractivity contribution in [1.29, 1.82) is 10.8 Å². The number of aromatic nitrogens is 1. The van der Waals surface area contributed by atoms with Gasteiger partial charge in [-0.1, -0.05) is 70.1 Å². The fourth-order valence-corrected chi connectivity index (χ4v) is 9.47. The first kappa shape index (κ1) is 54.6. The van der Waals surface area contributed by atoms with Gasteiger partial charge in [-0.3, -0.25) is 49.2 Å². The summed E-state index contributed by atoms with van der Waals surface area (Å²) >= 11 is 0. The highest BCUT2D eigenvalue weighted by atomic mass is 33.1. The van der Waals surface area contributed by atoms with Crippen LogP contribution in [-0.2, 0) is 51.2 Å². The van der Waals surface area contributed by atoms with Gasteiger partial charge in [-0.05, 0) is 56.2 Å². The number of rotatable bonds is 16. The number of nitrogens with two attached hydrogens (primary N) is 3. The molecule has 3 aromatic rings. The van der Waals surface area contributed by atoms with E-state index in [9.17, 15) is 38.4 Å². The van der Waals surface area contributed by atoms with E-state index >= 15 is 0 Å². The second-order valence-electron chi connectivity index (χ2n) is 16.3. The Labute approximate surface area is 407 Å². The summed E-state index contributed by atoms with van der Waals surface area (Å²) in [4.78, 5) is 113. The van der Waals surface area contributed by atoms with Gasteiger partial charge in [0.1, 0.15) is 42.3 Å². The van der Waals surface area contributed by atoms with E-state index in [0.29, 0.717) is 17.5 Å². The number of nitrogens with one attached hydrogen (secondary N) is 12. The number of primary amides is 1. The van der Waals surface area contributed by atoms with Gasteiger partial charge in [0.15, 0.2) is 11.9 Å². The molecule has 0 unspecified atom stereocenters. The minimum Gasteiger partial charge on any atom is -0.370 e. The maximum absolute atomic E-state index is 14.4. The second-order valence-corrected chi connectivity index (χ2v) is 18.9. The van der Waals surface area contributed by atoms with Gasteiger partial charge in [-0.15, -0.1) is 0 Å². The molecule has 1 aromatic heterocycles. The Morgan fingerprint density at radius 3 is 2.03 bits per heavy atom. The monoisotopic (exact) mass is 993 g/mol. The first-order valence-electron chi connectivity index (χ1n) is 22.3. The van der Waals surface area contributed by atoms with Crippen LogP contribution in [0.5, 0.6) is 0 Å². The Morgan fingerprint density at radius 1 is 0.739 bits per heavy atom. The maximum Gasteiger partial charge on any atom is 0.243 e. The van der Waals surface area contributed by atoms with E-state index in [4.69, 9.17) is 28.0 Å². The van der Waals surface area contributed by atoms with Crippen LogP contribution < -0.4 is 65.1 Å². The smallest absolute Gasteiger partial charge is 0.243 e. The van der Waals surface area contributed by atoms with Crippen LogP contribution in [0.3, 0.4) is 0 Å². The highest BCUT2D eigenvalue weighted by Gasteiger charge is 2.34. The van der Waals surface area contributed by atoms with Crippen molar-refractivity contribution in [2.24, 2.45) is 17.2 Å². The molecule has 69 heavy (non-hydrogen) atoms. The lowest BCUT2D eigenvalue weighted by Crippen LogP contribution is -2.60. The Morgan fingerprint density at radius 2 is 1.35 bits per heavy atom. The van der Waals surface area contributed by atoms with Crippen LogP contribution in [-0.4, -0.2) is 131 Å². The zero-order valence-electron chi connectivity index (χ0n) is 38.4. The number of hydrogen-bond acceptors (Lipinski definition) is 12. The van der Waals surface area contributed by atoms with E-state index in [1.165, 1.54) is 24.6 Å². The third kappa shape index (κ3) is 18.5. The molecule has 1 aliphatic heterocycles. The highest BCUT2D eigenvalue weighted by Crippen LogP contribution is 2.24. The van der Waals surface area contributed by atoms with Crippen molar-refractivity contribution in [2.75, 3.05) is 24.6 Å². The third-order valence-corrected chi connectivity index (χ3v) is 13.2. The predicted molar refractivity (Wildman–Crippen MR) is 264 cm³/mol. The number of aromatic amines is 1. The fourth-order valence-electron chi connectivity index (χ4n) is 7.20. The molecule has 1 fully saturated rings. The van der Waals surface area contributed by atoms with Gasteiger partial charge in [0.2, 0.25) is 47.3 Å². The van der Waals surface area contributed by atoms with Crippen LogP contribution in [0.4, 0.5) is 0 Å². The fraction of sp³-hybridized carbons (Fsp3) is 0.455. The quantitative estimate of drug-likeness (QED) is 0.0326. The lowest BCUT2D eigenvalue weighted by Gasteiger charge is -2.27. The molecule has 23 nitrogen and oxygen atoms in total. The van der Waals surface area contributed by atoms with Gasteiger partial charge >= 0.3 is 0 Å². The van der Waals surface area contributed by atoms with Crippen LogP contribution in [0.25, 0.3) is 10.9 Å². The number of carbonyl (C=O) groups excluding carboxylic acids is 8. The Bertz CT molecular complexity index is 2300. The molecule has 0 bridgehead atoms. The van der Waals surface area contributed by atoms with E-state index in [2.05, 4.69) is 52.8 Å². The lowest BCUT2D eigenvalue weighted by molar-refractivity contribution is -0.135. The molecular formula is C44H63N15O8S2. The van der Waals surface area contributed by atoms with Gasteiger partial charge in [-0.2, -0.15) is 0 Å². The molecular weight excluding hydrogens is 931 g/mol. The molecule has 25 heteroatoms. The van der Waals surface area contributed by atoms with E-state index in [1.54, 1.807) is 36.5 Å². The Balaban J connectivity index is 1.70. The van der Waals surface area contributed by atoms with Gasteiger partial charge in [0, 0.05) is 61.5 Å². The summed E-state index contributed by atoms with van der Waals surface area (Å²) in [5.41, 5.74) is 18.7. The van der Waals surface area contributed by atoms with E-state index in [1.807, 2.05) is 24.3 Å². The number of guanidine groups is 2. The van der Waals surface area contributed by atoms with Crippen LogP contribution in [0.1, 0.15) is 57.1 Å². The van der Waals surface area contributed by atoms with Gasteiger partial charge in [0.05, 0.1) is 0 Å². The third-order valence-electron chi connectivity index (χ3n) is 10.8. The molecule has 8 amide bonds. The number of carbonyl (C=O) groups is 8. The number of H-pyrrole nitrogens is 1. The number of amides is 8. The standard InChI is InChI=1S/C44H63N15O8S2/c1-24-37(62)57-33(20-26-10-4-3-5-11-26)41(66)55-31(15-9-18-51-44(48)49)40(65)58-34(21-27-22-52-29-13-7-6-12-28(27)29)42(67)59-35(36(45)61)23-69-68-19-16-32(38(63)53-24)56-39(64)30(54-25(2)60)14-8-17-50-43(46)47/h3-7,10-13,22,24,30-35,52H,8-9,14-21,23H2,1-2H3,(H2,45,61)(H,53,63)(H,54,60)(H,55,66)(H,56,64)(H,57,62)(H,58,65)(H,59,67)(H4,46,47,50)(H4,48,49,51)/t24-,30+,31+,32+,33-,34+,35+/m1/s1. The summed E-state index contributed by atoms with van der Waals surface area (Å²) in [7, 11) is 2.36. The van der Waals surface area contributed by atoms with E-state index in [0.717, 1.165) is 21.7 Å². The van der Waals surface area contributed by atoms with Crippen molar-refractivity contribution in [3.05, 3.63) is 71.9 Å². The summed E-state index contributed by atoms with van der Waals surface area (Å²) in [6.07, 6.45) is 2.26. The number of benzene rings is 2. The molecule has 0 aliphatic carbocycles. The average Bonchev–Trinajstić information content (AvgIpc) is 3.71. The topological polar surface area (TPSA) is 386 Å². The van der Waals surface area contributed by atoms with Crippen molar-refractivity contribution < 1.29 is 38.4 Å². The summed E-state index contributed by atoms with van der Waals surface area (Å²) in [5.74, 6) is -6.29. The lowest BCUT2D eigenvalue weighted by atomic mass is 10.0. The molecule has 18 N–H and O–H groups in total. The van der Waals surface area contributed by atoms with E-state index in [-0.39, 0.29) is 75.0 Å². The molecule has 1 aliphatic rings. The summed E-state index contributed by atoms with van der Waals surface area (Å²) in [6, 6.07) is 7.37. The molecule has 2 heterocycles. The van der Waals surface area contributed by atoms with Gasteiger partial charge < -0.3 is 70.0 Å². The van der Waals surface area contributed by atoms with Crippen LogP contribution in [0, 0.1) is 10.8 Å². The largest absolute Gasteiger partial charge is 0.370 e. The van der Waals surface area contributed by atoms with Crippen molar-refractivity contribution in [3.8, 4) is 0 Å². The highest BCUT2D eigenvalue weighted by molar-refractivity contribution is 8.76. The number of fused-ring (bicyclic) bond motifs is 1. The average molecular weight is 994 g/mol. The molecule has 0 spiro atoms. The van der Waals surface area contributed by atoms with Crippen molar-refractivity contribution in [2.45, 2.75) is 101 Å². The molecule has 7 atom stereocenters. The maximum atomic E-state index is 14.4. The minimum absolute atomic E-state index is 0.00303. The SMILES string of the molecule is CC(=O)N[C@@H](CCCNC(=N)N)C(=O)N[C@H]1CCSSC[C@@H](C(N)=O)NC(=O)[C@H](Cc2c[nH]c3ccccc23)NC(=O)[C@H](CCCNC(=N)N)NC(=O)[C@@H](Cc2ccccc2)NC(=O)[C@@H](C)NC1=O. The Kier molecular flexibility index (Phi) is 21.9. The number of para-hydroxylation sites is 1. The van der Waals surface area contributed by atoms with Crippen LogP contribution >= 0.6 is 21.6 Å². The van der Waals surface area contributed by atoms with Gasteiger partial charge in [0.25, 0.3) is 0 Å². The van der Waals surface area contributed by atoms with Crippen molar-refractivity contribution >= 4 is 91.7 Å². The molecule has 0 saturated carbocycles. The summed E-state index contributed by atoms with van der Waals surface area (Å²) in [6.45, 7) is 3.01. The molecule has 4 rings (SSSR count). The number of hydrogen-bond donors (Lipinski definition) is 15. The molecule has 374 valence electrons. The molecule has 1 saturated heterocycles. The van der Waals surface area contributed by atoms with Crippen molar-refractivity contribution in [1.82, 2.24) is 52.8 Å². The van der Waals surface area contributed by atoms with Crippen LogP contribution in [0.2, 0.25) is 0 Å². The second kappa shape index (κ2) is 27.7. The zero-order chi connectivity index (χ0) is 50.5. The van der Waals surface area contributed by atoms with Crippen LogP contribution in [0.15, 0.2) is 60.8 Å². The van der Waals surface area contributed by atoms with Crippen molar-refractivity contribution in [3.63, 3.8) is 0 Å². The van der Waals surface area contributed by atoms with Gasteiger partial charge in [-0.25, -0.2) is 0 Å². The normalized spacial score (nSPS) is 21.6. The summed E-state index contributed by atoms with van der Waals surface area (Å²) < 4.78 is 0. The summed E-state index contributed by atoms with van der Waals surface area (Å²) in [5, 5.41) is 39.8. The molecule has 2 aromatic carbocycles. The minimum atomic E-state index is -1.31. The molecule has 0 radical (unpaired) electrons.